The van der Waals surface area contributed by atoms with Crippen molar-refractivity contribution in [3.05, 3.63) is 69.5 Å². The zero-order chi connectivity index (χ0) is 16.5. The second kappa shape index (κ2) is 6.18. The van der Waals surface area contributed by atoms with Gasteiger partial charge in [0.15, 0.2) is 5.01 Å². The summed E-state index contributed by atoms with van der Waals surface area (Å²) < 4.78 is 6.35. The maximum atomic E-state index is 12.2. The number of anilines is 2. The summed E-state index contributed by atoms with van der Waals surface area (Å²) in [5.74, 6) is 0. The van der Waals surface area contributed by atoms with Gasteiger partial charge in [0.25, 0.3) is 0 Å². The number of aromatic nitrogens is 2. The molecule has 0 saturated carbocycles. The molecule has 0 saturated heterocycles. The Bertz CT molecular complexity index is 1070. The summed E-state index contributed by atoms with van der Waals surface area (Å²) in [7, 11) is 0. The molecule has 2 aromatic heterocycles. The van der Waals surface area contributed by atoms with Crippen LogP contribution in [0.25, 0.3) is 21.5 Å². The number of halogens is 1. The molecule has 118 valence electrons. The van der Waals surface area contributed by atoms with Crippen molar-refractivity contribution in [2.75, 3.05) is 5.32 Å². The standard InChI is InChI=1S/C17H10BrN3O2S/c18-11-5-7-12(8-6-11)19-17-21-20-15(24-17)13-9-10-3-1-2-4-14(10)23-16(13)22/h1-9H,(H,19,21). The molecule has 0 unspecified atom stereocenters. The molecule has 0 bridgehead atoms. The maximum absolute atomic E-state index is 12.2. The Morgan fingerprint density at radius 1 is 1.04 bits per heavy atom. The summed E-state index contributed by atoms with van der Waals surface area (Å²) in [6.45, 7) is 0. The highest BCUT2D eigenvalue weighted by molar-refractivity contribution is 9.10. The van der Waals surface area contributed by atoms with Gasteiger partial charge in [-0.15, -0.1) is 10.2 Å². The van der Waals surface area contributed by atoms with E-state index in [9.17, 15) is 4.79 Å². The van der Waals surface area contributed by atoms with Crippen LogP contribution in [0.3, 0.4) is 0 Å². The van der Waals surface area contributed by atoms with Crippen molar-refractivity contribution in [2.45, 2.75) is 0 Å². The lowest BCUT2D eigenvalue weighted by molar-refractivity contribution is 0.563. The highest BCUT2D eigenvalue weighted by Crippen LogP contribution is 2.28. The van der Waals surface area contributed by atoms with Crippen LogP contribution in [0.5, 0.6) is 0 Å². The SMILES string of the molecule is O=c1oc2ccccc2cc1-c1nnc(Nc2ccc(Br)cc2)s1. The van der Waals surface area contributed by atoms with Gasteiger partial charge in [0.05, 0.1) is 5.56 Å². The summed E-state index contributed by atoms with van der Waals surface area (Å²) in [5, 5.41) is 13.4. The summed E-state index contributed by atoms with van der Waals surface area (Å²) in [4.78, 5) is 12.2. The average molecular weight is 400 g/mol. The first-order valence-corrected chi connectivity index (χ1v) is 8.69. The Balaban J connectivity index is 1.68. The van der Waals surface area contributed by atoms with Gasteiger partial charge in [-0.05, 0) is 36.4 Å². The Morgan fingerprint density at radius 3 is 2.67 bits per heavy atom. The van der Waals surface area contributed by atoms with Crippen LogP contribution in [-0.2, 0) is 0 Å². The van der Waals surface area contributed by atoms with Crippen LogP contribution in [0.15, 0.2) is 68.3 Å². The minimum absolute atomic E-state index is 0.412. The van der Waals surface area contributed by atoms with Crippen molar-refractivity contribution >= 4 is 49.1 Å². The normalized spacial score (nSPS) is 10.9. The molecule has 0 aliphatic carbocycles. The van der Waals surface area contributed by atoms with Crippen molar-refractivity contribution < 1.29 is 4.42 Å². The van der Waals surface area contributed by atoms with E-state index in [0.717, 1.165) is 15.5 Å². The first-order chi connectivity index (χ1) is 11.7. The third-order valence-corrected chi connectivity index (χ3v) is 4.79. The lowest BCUT2D eigenvalue weighted by Crippen LogP contribution is -2.02. The molecule has 5 nitrogen and oxygen atoms in total. The van der Waals surface area contributed by atoms with Crippen LogP contribution in [0.4, 0.5) is 10.8 Å². The smallest absolute Gasteiger partial charge is 0.346 e. The first kappa shape index (κ1) is 15.0. The molecule has 0 fully saturated rings. The van der Waals surface area contributed by atoms with Gasteiger partial charge in [-0.25, -0.2) is 4.79 Å². The molecule has 1 N–H and O–H groups in total. The highest BCUT2D eigenvalue weighted by atomic mass is 79.9. The van der Waals surface area contributed by atoms with Crippen LogP contribution < -0.4 is 10.9 Å². The van der Waals surface area contributed by atoms with Crippen LogP contribution in [0.1, 0.15) is 0 Å². The lowest BCUT2D eigenvalue weighted by Gasteiger charge is -2.01. The Morgan fingerprint density at radius 2 is 1.83 bits per heavy atom. The van der Waals surface area contributed by atoms with E-state index in [1.165, 1.54) is 11.3 Å². The van der Waals surface area contributed by atoms with Gasteiger partial charge in [0.2, 0.25) is 5.13 Å². The number of fused-ring (bicyclic) bond motifs is 1. The van der Waals surface area contributed by atoms with Gasteiger partial charge in [-0.3, -0.25) is 0 Å². The monoisotopic (exact) mass is 399 g/mol. The zero-order valence-electron chi connectivity index (χ0n) is 12.2. The summed E-state index contributed by atoms with van der Waals surface area (Å²) in [6.07, 6.45) is 0. The molecule has 24 heavy (non-hydrogen) atoms. The number of nitrogens with one attached hydrogen (secondary N) is 1. The molecule has 7 heteroatoms. The van der Waals surface area contributed by atoms with Crippen LogP contribution in [0, 0.1) is 0 Å². The van der Waals surface area contributed by atoms with E-state index >= 15 is 0 Å². The molecule has 0 aliphatic rings. The fourth-order valence-electron chi connectivity index (χ4n) is 2.25. The second-order valence-corrected chi connectivity index (χ2v) is 6.92. The largest absolute Gasteiger partial charge is 0.422 e. The fraction of sp³-hybridized carbons (Fsp3) is 0. The van der Waals surface area contributed by atoms with Gasteiger partial charge in [0, 0.05) is 15.5 Å². The Hall–Kier alpha value is -2.51. The summed E-state index contributed by atoms with van der Waals surface area (Å²) in [5.41, 5.74) is 1.45. The number of rotatable bonds is 3. The molecular formula is C17H10BrN3O2S. The van der Waals surface area contributed by atoms with Crippen molar-refractivity contribution in [3.8, 4) is 10.6 Å². The molecule has 0 radical (unpaired) electrons. The van der Waals surface area contributed by atoms with E-state index in [2.05, 4.69) is 31.4 Å². The van der Waals surface area contributed by atoms with Gasteiger partial charge < -0.3 is 9.73 Å². The van der Waals surface area contributed by atoms with Gasteiger partial charge in [0.1, 0.15) is 5.58 Å². The first-order valence-electron chi connectivity index (χ1n) is 7.08. The molecule has 2 aromatic carbocycles. The van der Waals surface area contributed by atoms with Gasteiger partial charge in [-0.1, -0.05) is 45.5 Å². The third-order valence-electron chi connectivity index (χ3n) is 3.39. The molecule has 0 amide bonds. The van der Waals surface area contributed by atoms with Crippen molar-refractivity contribution in [3.63, 3.8) is 0 Å². The number of hydrogen-bond donors (Lipinski definition) is 1. The highest BCUT2D eigenvalue weighted by Gasteiger charge is 2.13. The Labute approximate surface area is 149 Å². The van der Waals surface area contributed by atoms with E-state index in [1.807, 2.05) is 42.5 Å². The molecule has 4 aromatic rings. The van der Waals surface area contributed by atoms with E-state index < -0.39 is 5.63 Å². The van der Waals surface area contributed by atoms with E-state index in [0.29, 0.717) is 21.3 Å². The Kier molecular flexibility index (Phi) is 3.87. The molecule has 0 spiro atoms. The lowest BCUT2D eigenvalue weighted by atomic mass is 10.2. The molecule has 0 aliphatic heterocycles. The average Bonchev–Trinajstić information content (AvgIpc) is 3.04. The van der Waals surface area contributed by atoms with E-state index in [4.69, 9.17) is 4.42 Å². The fourth-order valence-corrected chi connectivity index (χ4v) is 3.28. The van der Waals surface area contributed by atoms with Crippen LogP contribution >= 0.6 is 27.3 Å². The van der Waals surface area contributed by atoms with Crippen LogP contribution in [-0.4, -0.2) is 10.2 Å². The van der Waals surface area contributed by atoms with Gasteiger partial charge >= 0.3 is 5.63 Å². The third kappa shape index (κ3) is 2.95. The van der Waals surface area contributed by atoms with Crippen LogP contribution in [0.2, 0.25) is 0 Å². The number of para-hydroxylation sites is 1. The predicted octanol–water partition coefficient (Wildman–Crippen LogP) is 4.82. The van der Waals surface area contributed by atoms with E-state index in [1.54, 1.807) is 12.1 Å². The molecule has 4 rings (SSSR count). The maximum Gasteiger partial charge on any atom is 0.346 e. The number of nitrogens with zero attached hydrogens (tertiary/aromatic N) is 2. The minimum Gasteiger partial charge on any atom is -0.422 e. The molecule has 2 heterocycles. The molecule has 0 atom stereocenters. The van der Waals surface area contributed by atoms with Crippen molar-refractivity contribution in [1.29, 1.82) is 0 Å². The topological polar surface area (TPSA) is 68.0 Å². The molecular weight excluding hydrogens is 390 g/mol. The van der Waals surface area contributed by atoms with Crippen molar-refractivity contribution in [2.24, 2.45) is 0 Å². The van der Waals surface area contributed by atoms with Crippen molar-refractivity contribution in [1.82, 2.24) is 10.2 Å². The predicted molar refractivity (Wildman–Crippen MR) is 98.8 cm³/mol. The number of benzene rings is 2. The quantitative estimate of drug-likeness (QED) is 0.500. The summed E-state index contributed by atoms with van der Waals surface area (Å²) in [6, 6.07) is 16.9. The van der Waals surface area contributed by atoms with E-state index in [-0.39, 0.29) is 0 Å². The van der Waals surface area contributed by atoms with Gasteiger partial charge in [-0.2, -0.15) is 0 Å². The number of hydrogen-bond acceptors (Lipinski definition) is 6. The minimum atomic E-state index is -0.417. The second-order valence-electron chi connectivity index (χ2n) is 5.03. The zero-order valence-corrected chi connectivity index (χ0v) is 14.6. The summed E-state index contributed by atoms with van der Waals surface area (Å²) >= 11 is 4.70.